The molecular weight excluding hydrogens is 218 g/mol. The Bertz CT molecular complexity index is 453. The van der Waals surface area contributed by atoms with E-state index >= 15 is 0 Å². The first-order chi connectivity index (χ1) is 8.16. The second-order valence-electron chi connectivity index (χ2n) is 3.94. The molecule has 4 heteroatoms. The third kappa shape index (κ3) is 2.72. The molecule has 17 heavy (non-hydrogen) atoms. The third-order valence-corrected chi connectivity index (χ3v) is 2.54. The molecule has 0 saturated carbocycles. The van der Waals surface area contributed by atoms with Crippen LogP contribution in [0.3, 0.4) is 0 Å². The fraction of sp³-hybridized carbons (Fsp3) is 0.231. The highest BCUT2D eigenvalue weighted by Gasteiger charge is 2.22. The molecule has 1 unspecified atom stereocenters. The Morgan fingerprint density at radius 3 is 2.71 bits per heavy atom. The minimum Gasteiger partial charge on any atom is -0.336 e. The Morgan fingerprint density at radius 1 is 1.35 bits per heavy atom. The first-order valence-corrected chi connectivity index (χ1v) is 5.43. The van der Waals surface area contributed by atoms with Crippen molar-refractivity contribution in [3.63, 3.8) is 0 Å². The largest absolute Gasteiger partial charge is 0.363 e. The SMILES string of the molecule is CC1CC(=O)C=CN1OC(=O)c1ccccc1. The molecule has 0 aromatic heterocycles. The van der Waals surface area contributed by atoms with Gasteiger partial charge in [-0.3, -0.25) is 4.79 Å². The van der Waals surface area contributed by atoms with Gasteiger partial charge >= 0.3 is 5.97 Å². The molecule has 0 fully saturated rings. The van der Waals surface area contributed by atoms with Gasteiger partial charge in [0.05, 0.1) is 11.6 Å². The van der Waals surface area contributed by atoms with Gasteiger partial charge in [0, 0.05) is 18.7 Å². The quantitative estimate of drug-likeness (QED) is 0.780. The number of carbonyl (C=O) groups is 2. The van der Waals surface area contributed by atoms with Gasteiger partial charge < -0.3 is 4.84 Å². The van der Waals surface area contributed by atoms with Crippen LogP contribution in [-0.2, 0) is 9.63 Å². The van der Waals surface area contributed by atoms with Gasteiger partial charge in [-0.15, -0.1) is 0 Å². The Labute approximate surface area is 99.4 Å². The Kier molecular flexibility index (Phi) is 3.23. The van der Waals surface area contributed by atoms with Crippen LogP contribution in [0.5, 0.6) is 0 Å². The van der Waals surface area contributed by atoms with Crippen molar-refractivity contribution in [2.45, 2.75) is 19.4 Å². The molecule has 1 aromatic rings. The number of hydroxylamine groups is 2. The Morgan fingerprint density at radius 2 is 2.06 bits per heavy atom. The minimum atomic E-state index is -0.420. The molecule has 0 spiro atoms. The van der Waals surface area contributed by atoms with Gasteiger partial charge in [0.2, 0.25) is 0 Å². The lowest BCUT2D eigenvalue weighted by Crippen LogP contribution is -2.35. The van der Waals surface area contributed by atoms with Crippen molar-refractivity contribution in [3.8, 4) is 0 Å². The standard InChI is InChI=1S/C13H13NO3/c1-10-9-12(15)7-8-14(10)17-13(16)11-5-3-2-4-6-11/h2-8,10H,9H2,1H3. The van der Waals surface area contributed by atoms with Crippen LogP contribution in [0, 0.1) is 0 Å². The van der Waals surface area contributed by atoms with Gasteiger partial charge in [-0.05, 0) is 19.1 Å². The van der Waals surface area contributed by atoms with E-state index in [2.05, 4.69) is 0 Å². The van der Waals surface area contributed by atoms with Gasteiger partial charge in [0.15, 0.2) is 5.78 Å². The van der Waals surface area contributed by atoms with E-state index in [-0.39, 0.29) is 11.8 Å². The molecule has 0 radical (unpaired) electrons. The summed E-state index contributed by atoms with van der Waals surface area (Å²) in [6.07, 6.45) is 3.27. The van der Waals surface area contributed by atoms with E-state index in [1.54, 1.807) is 24.3 Å². The number of carbonyl (C=O) groups excluding carboxylic acids is 2. The molecule has 1 aliphatic heterocycles. The normalized spacial score (nSPS) is 19.2. The average Bonchev–Trinajstić information content (AvgIpc) is 2.34. The fourth-order valence-electron chi connectivity index (χ4n) is 1.60. The zero-order valence-electron chi connectivity index (χ0n) is 9.50. The summed E-state index contributed by atoms with van der Waals surface area (Å²) >= 11 is 0. The van der Waals surface area contributed by atoms with Crippen LogP contribution in [0.15, 0.2) is 42.6 Å². The van der Waals surface area contributed by atoms with Crippen molar-refractivity contribution in [2.75, 3.05) is 0 Å². The van der Waals surface area contributed by atoms with E-state index in [9.17, 15) is 9.59 Å². The highest BCUT2D eigenvalue weighted by molar-refractivity contribution is 5.91. The van der Waals surface area contributed by atoms with Crippen molar-refractivity contribution in [3.05, 3.63) is 48.2 Å². The molecule has 0 bridgehead atoms. The molecule has 4 nitrogen and oxygen atoms in total. The van der Waals surface area contributed by atoms with E-state index in [0.29, 0.717) is 12.0 Å². The number of hydrogen-bond acceptors (Lipinski definition) is 4. The van der Waals surface area contributed by atoms with E-state index in [1.165, 1.54) is 17.3 Å². The molecule has 0 aliphatic carbocycles. The van der Waals surface area contributed by atoms with Crippen LogP contribution in [-0.4, -0.2) is 22.9 Å². The summed E-state index contributed by atoms with van der Waals surface area (Å²) in [7, 11) is 0. The molecule has 0 N–H and O–H groups in total. The first kappa shape index (κ1) is 11.4. The number of ketones is 1. The summed E-state index contributed by atoms with van der Waals surface area (Å²) in [4.78, 5) is 28.1. The smallest absolute Gasteiger partial charge is 0.336 e. The molecule has 0 amide bonds. The van der Waals surface area contributed by atoms with Crippen LogP contribution in [0.4, 0.5) is 0 Å². The summed E-state index contributed by atoms with van der Waals surface area (Å²) < 4.78 is 0. The zero-order chi connectivity index (χ0) is 12.3. The number of rotatable bonds is 2. The lowest BCUT2D eigenvalue weighted by Gasteiger charge is -2.27. The summed E-state index contributed by atoms with van der Waals surface area (Å²) in [5.74, 6) is -0.374. The molecule has 2 rings (SSSR count). The van der Waals surface area contributed by atoms with E-state index < -0.39 is 5.97 Å². The number of allylic oxidation sites excluding steroid dienone is 1. The number of benzene rings is 1. The lowest BCUT2D eigenvalue weighted by atomic mass is 10.1. The third-order valence-electron chi connectivity index (χ3n) is 2.54. The van der Waals surface area contributed by atoms with Crippen molar-refractivity contribution >= 4 is 11.8 Å². The second-order valence-corrected chi connectivity index (χ2v) is 3.94. The monoisotopic (exact) mass is 231 g/mol. The van der Waals surface area contributed by atoms with Crippen molar-refractivity contribution in [2.24, 2.45) is 0 Å². The summed E-state index contributed by atoms with van der Waals surface area (Å²) in [5, 5.41) is 1.41. The van der Waals surface area contributed by atoms with Crippen LogP contribution >= 0.6 is 0 Å². The highest BCUT2D eigenvalue weighted by atomic mass is 16.7. The van der Waals surface area contributed by atoms with Crippen LogP contribution in [0.2, 0.25) is 0 Å². The Hall–Kier alpha value is -2.10. The number of hydrogen-bond donors (Lipinski definition) is 0. The maximum absolute atomic E-state index is 11.8. The predicted molar refractivity (Wildman–Crippen MR) is 61.9 cm³/mol. The zero-order valence-corrected chi connectivity index (χ0v) is 9.50. The molecule has 0 saturated heterocycles. The van der Waals surface area contributed by atoms with Gasteiger partial charge in [-0.1, -0.05) is 18.2 Å². The van der Waals surface area contributed by atoms with Crippen molar-refractivity contribution in [1.29, 1.82) is 0 Å². The van der Waals surface area contributed by atoms with Crippen LogP contribution in [0.25, 0.3) is 0 Å². The highest BCUT2D eigenvalue weighted by Crippen LogP contribution is 2.14. The maximum Gasteiger partial charge on any atom is 0.363 e. The van der Waals surface area contributed by atoms with E-state index in [0.717, 1.165) is 0 Å². The van der Waals surface area contributed by atoms with Crippen molar-refractivity contribution in [1.82, 2.24) is 5.06 Å². The maximum atomic E-state index is 11.8. The molecule has 1 heterocycles. The van der Waals surface area contributed by atoms with Crippen molar-refractivity contribution < 1.29 is 14.4 Å². The number of nitrogens with zero attached hydrogens (tertiary/aromatic N) is 1. The van der Waals surface area contributed by atoms with Crippen LogP contribution < -0.4 is 0 Å². The molecule has 88 valence electrons. The van der Waals surface area contributed by atoms with E-state index in [4.69, 9.17) is 4.84 Å². The van der Waals surface area contributed by atoms with Gasteiger partial charge in [0.25, 0.3) is 0 Å². The lowest BCUT2D eigenvalue weighted by molar-refractivity contribution is -0.128. The molecule has 1 atom stereocenters. The van der Waals surface area contributed by atoms with Gasteiger partial charge in [-0.2, -0.15) is 0 Å². The average molecular weight is 231 g/mol. The molecular formula is C13H13NO3. The molecule has 1 aromatic carbocycles. The van der Waals surface area contributed by atoms with Gasteiger partial charge in [-0.25, -0.2) is 9.86 Å². The van der Waals surface area contributed by atoms with Crippen LogP contribution in [0.1, 0.15) is 23.7 Å². The summed E-state index contributed by atoms with van der Waals surface area (Å²) in [6.45, 7) is 1.83. The fourth-order valence-corrected chi connectivity index (χ4v) is 1.60. The first-order valence-electron chi connectivity index (χ1n) is 5.43. The van der Waals surface area contributed by atoms with Gasteiger partial charge in [0.1, 0.15) is 0 Å². The topological polar surface area (TPSA) is 46.6 Å². The van der Waals surface area contributed by atoms with E-state index in [1.807, 2.05) is 13.0 Å². The minimum absolute atomic E-state index is 0.0458. The summed E-state index contributed by atoms with van der Waals surface area (Å²) in [5.41, 5.74) is 0.491. The summed E-state index contributed by atoms with van der Waals surface area (Å²) in [6, 6.07) is 8.63. The molecule has 1 aliphatic rings. The second kappa shape index (κ2) is 4.82. The predicted octanol–water partition coefficient (Wildman–Crippen LogP) is 1.94. The Balaban J connectivity index is 2.05.